The molecule has 2 aromatic rings. The summed E-state index contributed by atoms with van der Waals surface area (Å²) in [6.45, 7) is 2.94. The maximum absolute atomic E-state index is 12.3. The average Bonchev–Trinajstić information content (AvgIpc) is 3.24. The molecule has 1 atom stereocenters. The second-order valence-electron chi connectivity index (χ2n) is 7.15. The number of ether oxygens (including phenoxy) is 2. The molecule has 3 N–H and O–H groups in total. The van der Waals surface area contributed by atoms with E-state index in [0.717, 1.165) is 25.1 Å². The summed E-state index contributed by atoms with van der Waals surface area (Å²) in [5, 5.41) is 19.5. The normalized spacial score (nSPS) is 17.2. The quantitative estimate of drug-likeness (QED) is 0.293. The Bertz CT molecular complexity index is 1060. The number of carbonyl (C=O) groups excluding carboxylic acids is 2. The van der Waals surface area contributed by atoms with Crippen LogP contribution in [0.3, 0.4) is 0 Å². The number of hydrogen-bond donors (Lipinski definition) is 3. The van der Waals surface area contributed by atoms with Crippen molar-refractivity contribution in [1.82, 2.24) is 20.4 Å². The van der Waals surface area contributed by atoms with Crippen LogP contribution in [0.1, 0.15) is 53.3 Å². The lowest BCUT2D eigenvalue weighted by molar-refractivity contribution is -0.156. The molecule has 0 radical (unpaired) electrons. The first-order valence-corrected chi connectivity index (χ1v) is 9.88. The van der Waals surface area contributed by atoms with E-state index in [1.807, 2.05) is 6.92 Å². The third-order valence-corrected chi connectivity index (χ3v) is 4.67. The summed E-state index contributed by atoms with van der Waals surface area (Å²) in [7, 11) is 0. The smallest absolute Gasteiger partial charge is 0.337 e. The first kappa shape index (κ1) is 24.6. The molecule has 1 aliphatic rings. The van der Waals surface area contributed by atoms with Gasteiger partial charge in [0.1, 0.15) is 5.41 Å². The molecule has 2 aromatic heterocycles. The highest BCUT2D eigenvalue weighted by Gasteiger charge is 2.45. The molecule has 0 amide bonds. The molecular formula is C20H24N4O8. The lowest BCUT2D eigenvalue weighted by atomic mass is 9.81. The van der Waals surface area contributed by atoms with E-state index in [9.17, 15) is 24.0 Å². The van der Waals surface area contributed by atoms with Gasteiger partial charge in [0.25, 0.3) is 11.1 Å². The maximum atomic E-state index is 12.3. The Morgan fingerprint density at radius 2 is 1.75 bits per heavy atom. The number of carbonyl (C=O) groups is 3. The Morgan fingerprint density at radius 1 is 1.12 bits per heavy atom. The number of carboxylic acids is 1. The van der Waals surface area contributed by atoms with E-state index < -0.39 is 28.5 Å². The highest BCUT2D eigenvalue weighted by Crippen LogP contribution is 2.35. The molecule has 0 aromatic carbocycles. The van der Waals surface area contributed by atoms with Gasteiger partial charge in [-0.05, 0) is 12.8 Å². The number of hydrogen-bond acceptors (Lipinski definition) is 9. The van der Waals surface area contributed by atoms with E-state index in [-0.39, 0.29) is 29.9 Å². The van der Waals surface area contributed by atoms with Crippen molar-refractivity contribution in [1.29, 1.82) is 0 Å². The van der Waals surface area contributed by atoms with Crippen molar-refractivity contribution in [2.24, 2.45) is 5.41 Å². The first-order valence-electron chi connectivity index (χ1n) is 9.88. The van der Waals surface area contributed by atoms with Crippen LogP contribution in [0.2, 0.25) is 0 Å². The largest absolute Gasteiger partial charge is 0.478 e. The third kappa shape index (κ3) is 6.94. The molecule has 1 saturated heterocycles. The van der Waals surface area contributed by atoms with Gasteiger partial charge in [0.15, 0.2) is 5.78 Å². The SMILES string of the molecule is CCCCOC(=O)[C@]1(CC(=O)c2cn[nH]c(=O)c2)CCOC1.O=C(O)c1cn[nH]c(=O)c1. The van der Waals surface area contributed by atoms with Crippen LogP contribution >= 0.6 is 0 Å². The van der Waals surface area contributed by atoms with Gasteiger partial charge >= 0.3 is 11.9 Å². The van der Waals surface area contributed by atoms with Crippen LogP contribution in [0, 0.1) is 5.41 Å². The summed E-state index contributed by atoms with van der Waals surface area (Å²) in [6, 6.07) is 2.15. The third-order valence-electron chi connectivity index (χ3n) is 4.67. The van der Waals surface area contributed by atoms with E-state index in [0.29, 0.717) is 19.6 Å². The molecule has 0 aliphatic carbocycles. The fourth-order valence-electron chi connectivity index (χ4n) is 2.87. The van der Waals surface area contributed by atoms with E-state index in [1.54, 1.807) is 0 Å². The van der Waals surface area contributed by atoms with Crippen LogP contribution in [-0.2, 0) is 14.3 Å². The van der Waals surface area contributed by atoms with E-state index >= 15 is 0 Å². The number of Topliss-reactive ketones (excluding diaryl/α,β-unsaturated/α-hetero) is 1. The predicted octanol–water partition coefficient (Wildman–Crippen LogP) is 0.561. The van der Waals surface area contributed by atoms with Crippen molar-refractivity contribution in [3.63, 3.8) is 0 Å². The number of carboxylic acid groups (broad SMARTS) is 1. The molecule has 32 heavy (non-hydrogen) atoms. The van der Waals surface area contributed by atoms with Gasteiger partial charge in [-0.1, -0.05) is 13.3 Å². The number of aromatic carboxylic acids is 1. The Hall–Kier alpha value is -3.67. The van der Waals surface area contributed by atoms with Gasteiger partial charge in [0.2, 0.25) is 0 Å². The number of rotatable bonds is 8. The summed E-state index contributed by atoms with van der Waals surface area (Å²) in [5.41, 5.74) is -1.83. The molecule has 1 aliphatic heterocycles. The molecule has 3 rings (SSSR count). The number of nitrogens with one attached hydrogen (secondary N) is 2. The van der Waals surface area contributed by atoms with E-state index in [4.69, 9.17) is 14.6 Å². The first-order chi connectivity index (χ1) is 15.3. The van der Waals surface area contributed by atoms with Crippen molar-refractivity contribution in [2.75, 3.05) is 19.8 Å². The van der Waals surface area contributed by atoms with Gasteiger partial charge in [-0.3, -0.25) is 19.2 Å². The minimum Gasteiger partial charge on any atom is -0.478 e. The standard InChI is InChI=1S/C15H20N2O5.C5H4N2O3/c1-2-3-5-22-14(20)15(4-6-21-10-15)8-12(18)11-7-13(19)17-16-9-11;8-4-1-3(5(9)10)2-6-7-4/h7,9H,2-6,8,10H2,1H3,(H,17,19);1-2H,(H,7,8)(H,9,10)/t15-;/m0./s1. The maximum Gasteiger partial charge on any atom is 0.337 e. The number of H-pyrrole nitrogens is 2. The minimum absolute atomic E-state index is 0.0386. The minimum atomic E-state index is -1.15. The number of aromatic amines is 2. The lowest BCUT2D eigenvalue weighted by Gasteiger charge is -2.24. The molecule has 0 unspecified atom stereocenters. The summed E-state index contributed by atoms with van der Waals surface area (Å²) >= 11 is 0. The van der Waals surface area contributed by atoms with Gasteiger partial charge in [0, 0.05) is 30.7 Å². The van der Waals surface area contributed by atoms with E-state index in [1.165, 1.54) is 12.3 Å². The second kappa shape index (κ2) is 11.6. The lowest BCUT2D eigenvalue weighted by Crippen LogP contribution is -2.36. The van der Waals surface area contributed by atoms with E-state index in [2.05, 4.69) is 20.4 Å². The van der Waals surface area contributed by atoms with Crippen LogP contribution < -0.4 is 11.1 Å². The predicted molar refractivity (Wildman–Crippen MR) is 109 cm³/mol. The van der Waals surface area contributed by atoms with Crippen molar-refractivity contribution in [3.8, 4) is 0 Å². The van der Waals surface area contributed by atoms with Crippen molar-refractivity contribution < 1.29 is 29.0 Å². The summed E-state index contributed by atoms with van der Waals surface area (Å²) in [4.78, 5) is 56.5. The van der Waals surface area contributed by atoms with Crippen molar-refractivity contribution in [3.05, 3.63) is 56.4 Å². The summed E-state index contributed by atoms with van der Waals surface area (Å²) in [6.07, 6.45) is 4.48. The second-order valence-corrected chi connectivity index (χ2v) is 7.15. The fraction of sp³-hybridized carbons (Fsp3) is 0.450. The zero-order valence-corrected chi connectivity index (χ0v) is 17.5. The van der Waals surface area contributed by atoms with Crippen molar-refractivity contribution in [2.45, 2.75) is 32.6 Å². The monoisotopic (exact) mass is 448 g/mol. The number of nitrogens with zero attached hydrogens (tertiary/aromatic N) is 2. The van der Waals surface area contributed by atoms with Crippen LogP contribution in [0.4, 0.5) is 0 Å². The highest BCUT2D eigenvalue weighted by molar-refractivity contribution is 5.98. The number of aromatic nitrogens is 4. The van der Waals surface area contributed by atoms with Crippen LogP contribution in [0.15, 0.2) is 34.1 Å². The molecule has 0 saturated carbocycles. The van der Waals surface area contributed by atoms with Crippen LogP contribution in [0.25, 0.3) is 0 Å². The van der Waals surface area contributed by atoms with Crippen LogP contribution in [0.5, 0.6) is 0 Å². The van der Waals surface area contributed by atoms with Gasteiger partial charge < -0.3 is 14.6 Å². The Balaban J connectivity index is 0.000000303. The molecule has 12 heteroatoms. The fourth-order valence-corrected chi connectivity index (χ4v) is 2.87. The van der Waals surface area contributed by atoms with Gasteiger partial charge in [-0.2, -0.15) is 10.2 Å². The zero-order chi connectivity index (χ0) is 23.6. The molecule has 12 nitrogen and oxygen atoms in total. The van der Waals surface area contributed by atoms with Gasteiger partial charge in [0.05, 0.1) is 31.2 Å². The molecule has 172 valence electrons. The number of ketones is 1. The topological polar surface area (TPSA) is 181 Å². The Morgan fingerprint density at radius 3 is 2.25 bits per heavy atom. The number of unbranched alkanes of at least 4 members (excludes halogenated alkanes) is 1. The molecule has 1 fully saturated rings. The van der Waals surface area contributed by atoms with Gasteiger partial charge in [-0.15, -0.1) is 0 Å². The molecular weight excluding hydrogens is 424 g/mol. The molecule has 0 bridgehead atoms. The van der Waals surface area contributed by atoms with Crippen molar-refractivity contribution >= 4 is 17.7 Å². The van der Waals surface area contributed by atoms with Gasteiger partial charge in [-0.25, -0.2) is 15.0 Å². The Labute approximate surface area is 182 Å². The number of esters is 1. The zero-order valence-electron chi connectivity index (χ0n) is 17.5. The Kier molecular flexibility index (Phi) is 8.95. The summed E-state index contributed by atoms with van der Waals surface area (Å²) < 4.78 is 10.6. The molecule has 0 spiro atoms. The average molecular weight is 448 g/mol. The van der Waals surface area contributed by atoms with Crippen LogP contribution in [-0.4, -0.2) is 63.0 Å². The summed E-state index contributed by atoms with van der Waals surface area (Å²) in [5.74, 6) is -1.86. The highest BCUT2D eigenvalue weighted by atomic mass is 16.5. The molecule has 3 heterocycles.